The first-order valence-electron chi connectivity index (χ1n) is 18.9. The van der Waals surface area contributed by atoms with Gasteiger partial charge in [-0.3, -0.25) is 0 Å². The van der Waals surface area contributed by atoms with E-state index in [0.29, 0.717) is 24.7 Å². The van der Waals surface area contributed by atoms with E-state index in [2.05, 4.69) is 0 Å². The SMILES string of the molecule is COc1cc(/C=C/C(=O)OCCCCCCCCCCCCCCCCCCCCCCOC(=O)/C=C/c2ccc(O)c(OC)c2)ccc1O. The van der Waals surface area contributed by atoms with Crippen molar-refractivity contribution in [3.63, 3.8) is 0 Å². The van der Waals surface area contributed by atoms with Crippen molar-refractivity contribution in [3.05, 3.63) is 59.7 Å². The molecule has 0 saturated heterocycles. The Bertz CT molecular complexity index is 1170. The number of aromatic hydroxyl groups is 2. The molecule has 2 aromatic carbocycles. The molecule has 0 saturated carbocycles. The van der Waals surface area contributed by atoms with Crippen molar-refractivity contribution in [3.8, 4) is 23.0 Å². The van der Waals surface area contributed by atoms with Crippen molar-refractivity contribution in [2.75, 3.05) is 27.4 Å². The molecule has 0 unspecified atom stereocenters. The highest BCUT2D eigenvalue weighted by molar-refractivity contribution is 5.87. The minimum absolute atomic E-state index is 0.0684. The summed E-state index contributed by atoms with van der Waals surface area (Å²) in [7, 11) is 2.98. The van der Waals surface area contributed by atoms with Crippen LogP contribution in [0.5, 0.6) is 23.0 Å². The number of methoxy groups -OCH3 is 2. The molecule has 0 fully saturated rings. The highest BCUT2D eigenvalue weighted by atomic mass is 16.5. The van der Waals surface area contributed by atoms with Gasteiger partial charge in [0.2, 0.25) is 0 Å². The van der Waals surface area contributed by atoms with Crippen molar-refractivity contribution in [2.24, 2.45) is 0 Å². The molecular weight excluding hydrogens is 632 g/mol. The standard InChI is InChI=1S/C42H62O8/c1-47-39-33-35(23-27-37(39)43)25-29-41(45)49-31-21-19-17-15-13-11-9-7-5-3-4-6-8-10-12-14-16-18-20-22-32-50-42(46)30-26-36-24-28-38(44)40(34-36)48-2/h23-30,33-34,43-44H,3-22,31-32H2,1-2H3/b29-25+,30-26+. The molecular formula is C42H62O8. The van der Waals surface area contributed by atoms with Crippen LogP contribution in [0.3, 0.4) is 0 Å². The van der Waals surface area contributed by atoms with Crippen LogP contribution in [0.2, 0.25) is 0 Å². The van der Waals surface area contributed by atoms with Gasteiger partial charge in [-0.1, -0.05) is 128 Å². The van der Waals surface area contributed by atoms with E-state index in [1.54, 1.807) is 36.4 Å². The van der Waals surface area contributed by atoms with Gasteiger partial charge < -0.3 is 29.2 Å². The molecule has 0 spiro atoms. The molecule has 0 aliphatic carbocycles. The first kappa shape index (κ1) is 42.2. The molecule has 8 heteroatoms. The molecule has 0 aliphatic heterocycles. The molecule has 8 nitrogen and oxygen atoms in total. The van der Waals surface area contributed by atoms with Gasteiger partial charge >= 0.3 is 11.9 Å². The topological polar surface area (TPSA) is 112 Å². The maximum atomic E-state index is 11.9. The minimum Gasteiger partial charge on any atom is -0.504 e. The third kappa shape index (κ3) is 20.5. The van der Waals surface area contributed by atoms with E-state index in [1.807, 2.05) is 0 Å². The summed E-state index contributed by atoms with van der Waals surface area (Å²) in [5.41, 5.74) is 1.53. The Morgan fingerprint density at radius 2 is 0.760 bits per heavy atom. The van der Waals surface area contributed by atoms with Gasteiger partial charge in [-0.05, 0) is 60.4 Å². The maximum absolute atomic E-state index is 11.9. The van der Waals surface area contributed by atoms with Gasteiger partial charge in [0.25, 0.3) is 0 Å². The number of phenolic OH excluding ortho intramolecular Hbond substituents is 2. The summed E-state index contributed by atoms with van der Waals surface area (Å²) in [6.07, 6.45) is 31.1. The summed E-state index contributed by atoms with van der Waals surface area (Å²) in [5, 5.41) is 19.3. The van der Waals surface area contributed by atoms with Crippen molar-refractivity contribution in [1.29, 1.82) is 0 Å². The minimum atomic E-state index is -0.351. The summed E-state index contributed by atoms with van der Waals surface area (Å²) in [4.78, 5) is 23.8. The molecule has 0 atom stereocenters. The number of carbonyl (C=O) groups excluding carboxylic acids is 2. The van der Waals surface area contributed by atoms with Crippen molar-refractivity contribution in [1.82, 2.24) is 0 Å². The summed E-state index contributed by atoms with van der Waals surface area (Å²) < 4.78 is 20.7. The Kier molecular flexibility index (Phi) is 23.5. The second-order valence-corrected chi connectivity index (χ2v) is 12.9. The number of carbonyl (C=O) groups is 2. The molecule has 50 heavy (non-hydrogen) atoms. The number of unbranched alkanes of at least 4 members (excludes halogenated alkanes) is 19. The van der Waals surface area contributed by atoms with Crippen LogP contribution in [0.25, 0.3) is 12.2 Å². The van der Waals surface area contributed by atoms with Crippen LogP contribution in [0.15, 0.2) is 48.6 Å². The van der Waals surface area contributed by atoms with E-state index in [4.69, 9.17) is 18.9 Å². The van der Waals surface area contributed by atoms with Gasteiger partial charge in [0, 0.05) is 12.2 Å². The molecule has 278 valence electrons. The molecule has 2 rings (SSSR count). The smallest absolute Gasteiger partial charge is 0.330 e. The Balaban J connectivity index is 1.26. The fraction of sp³-hybridized carbons (Fsp3) is 0.571. The highest BCUT2D eigenvalue weighted by Gasteiger charge is 2.04. The van der Waals surface area contributed by atoms with E-state index in [9.17, 15) is 19.8 Å². The first-order valence-corrected chi connectivity index (χ1v) is 18.9. The number of phenols is 2. The lowest BCUT2D eigenvalue weighted by molar-refractivity contribution is -0.138. The molecule has 0 bridgehead atoms. The summed E-state index contributed by atoms with van der Waals surface area (Å²) in [5.74, 6) is 0.178. The molecule has 2 N–H and O–H groups in total. The third-order valence-electron chi connectivity index (χ3n) is 8.76. The predicted octanol–water partition coefficient (Wildman–Crippen LogP) is 10.7. The number of rotatable bonds is 29. The molecule has 0 aliphatic rings. The number of hydrogen-bond donors (Lipinski definition) is 2. The molecule has 0 heterocycles. The van der Waals surface area contributed by atoms with Gasteiger partial charge in [-0.15, -0.1) is 0 Å². The fourth-order valence-corrected chi connectivity index (χ4v) is 5.75. The van der Waals surface area contributed by atoms with Crippen LogP contribution in [0.4, 0.5) is 0 Å². The van der Waals surface area contributed by atoms with Crippen molar-refractivity contribution >= 4 is 24.1 Å². The Morgan fingerprint density at radius 3 is 1.04 bits per heavy atom. The quantitative estimate of drug-likeness (QED) is 0.0492. The lowest BCUT2D eigenvalue weighted by atomic mass is 10.0. The zero-order chi connectivity index (χ0) is 36.1. The van der Waals surface area contributed by atoms with E-state index in [0.717, 1.165) is 36.8 Å². The number of benzene rings is 2. The fourth-order valence-electron chi connectivity index (χ4n) is 5.75. The summed E-state index contributed by atoms with van der Waals surface area (Å²) in [6, 6.07) is 9.84. The lowest BCUT2D eigenvalue weighted by Gasteiger charge is -2.05. The zero-order valence-electron chi connectivity index (χ0n) is 30.7. The Hall–Kier alpha value is -3.94. The Labute approximate surface area is 300 Å². The highest BCUT2D eigenvalue weighted by Crippen LogP contribution is 2.27. The van der Waals surface area contributed by atoms with E-state index >= 15 is 0 Å². The number of ether oxygens (including phenoxy) is 4. The van der Waals surface area contributed by atoms with E-state index in [1.165, 1.54) is 141 Å². The van der Waals surface area contributed by atoms with Gasteiger partial charge in [-0.2, -0.15) is 0 Å². The van der Waals surface area contributed by atoms with Crippen LogP contribution < -0.4 is 9.47 Å². The zero-order valence-corrected chi connectivity index (χ0v) is 30.7. The predicted molar refractivity (Wildman–Crippen MR) is 202 cm³/mol. The van der Waals surface area contributed by atoms with Crippen LogP contribution in [0, 0.1) is 0 Å². The number of hydrogen-bond acceptors (Lipinski definition) is 8. The van der Waals surface area contributed by atoms with Gasteiger partial charge in [0.1, 0.15) is 0 Å². The van der Waals surface area contributed by atoms with Gasteiger partial charge in [0.15, 0.2) is 23.0 Å². The molecule has 0 amide bonds. The third-order valence-corrected chi connectivity index (χ3v) is 8.76. The van der Waals surface area contributed by atoms with Gasteiger partial charge in [0.05, 0.1) is 27.4 Å². The summed E-state index contributed by atoms with van der Waals surface area (Å²) in [6.45, 7) is 0.900. The summed E-state index contributed by atoms with van der Waals surface area (Å²) >= 11 is 0. The average Bonchev–Trinajstić information content (AvgIpc) is 3.12. The van der Waals surface area contributed by atoms with Crippen LogP contribution >= 0.6 is 0 Å². The maximum Gasteiger partial charge on any atom is 0.330 e. The second-order valence-electron chi connectivity index (χ2n) is 12.9. The lowest BCUT2D eigenvalue weighted by Crippen LogP contribution is -2.02. The monoisotopic (exact) mass is 694 g/mol. The van der Waals surface area contributed by atoms with Gasteiger partial charge in [-0.25, -0.2) is 9.59 Å². The van der Waals surface area contributed by atoms with Crippen LogP contribution in [0.1, 0.15) is 140 Å². The van der Waals surface area contributed by atoms with Crippen LogP contribution in [-0.4, -0.2) is 49.6 Å². The van der Waals surface area contributed by atoms with Crippen molar-refractivity contribution in [2.45, 2.75) is 128 Å². The Morgan fingerprint density at radius 1 is 0.480 bits per heavy atom. The second kappa shape index (κ2) is 27.8. The van der Waals surface area contributed by atoms with Crippen LogP contribution in [-0.2, 0) is 19.1 Å². The first-order chi connectivity index (χ1) is 24.4. The number of esters is 2. The molecule has 0 radical (unpaired) electrons. The largest absolute Gasteiger partial charge is 0.504 e. The molecule has 0 aromatic heterocycles. The van der Waals surface area contributed by atoms with E-state index < -0.39 is 0 Å². The van der Waals surface area contributed by atoms with E-state index in [-0.39, 0.29) is 23.4 Å². The molecule has 2 aromatic rings. The average molecular weight is 695 g/mol. The van der Waals surface area contributed by atoms with Crippen molar-refractivity contribution < 1.29 is 38.7 Å². The normalized spacial score (nSPS) is 11.3.